The summed E-state index contributed by atoms with van der Waals surface area (Å²) in [5.41, 5.74) is 4.71. The van der Waals surface area contributed by atoms with Crippen molar-refractivity contribution in [2.24, 2.45) is 0 Å². The number of ether oxygens (including phenoxy) is 1. The Morgan fingerprint density at radius 3 is 2.71 bits per heavy atom. The van der Waals surface area contributed by atoms with Gasteiger partial charge in [0, 0.05) is 7.11 Å². The second kappa shape index (κ2) is 7.07. The van der Waals surface area contributed by atoms with E-state index in [2.05, 4.69) is 42.5 Å². The SMILES string of the molecule is CNC(c1ccc(C)c(C)c1)c1c(Cl)cnn1CCOC. The van der Waals surface area contributed by atoms with Crippen LogP contribution >= 0.6 is 11.6 Å². The van der Waals surface area contributed by atoms with E-state index in [1.165, 1.54) is 16.7 Å². The first-order valence-electron chi connectivity index (χ1n) is 7.03. The van der Waals surface area contributed by atoms with Gasteiger partial charge in [-0.05, 0) is 37.6 Å². The van der Waals surface area contributed by atoms with Crippen molar-refractivity contribution in [1.82, 2.24) is 15.1 Å². The molecule has 1 N–H and O–H groups in total. The molecule has 1 aromatic heterocycles. The van der Waals surface area contributed by atoms with Gasteiger partial charge in [-0.1, -0.05) is 29.8 Å². The van der Waals surface area contributed by atoms with Crippen LogP contribution in [-0.4, -0.2) is 30.5 Å². The fourth-order valence-corrected chi connectivity index (χ4v) is 2.67. The average Bonchev–Trinajstić information content (AvgIpc) is 2.83. The van der Waals surface area contributed by atoms with Crippen LogP contribution in [0.25, 0.3) is 0 Å². The Bertz CT molecular complexity index is 610. The van der Waals surface area contributed by atoms with Gasteiger partial charge in [-0.15, -0.1) is 0 Å². The third kappa shape index (κ3) is 3.46. The quantitative estimate of drug-likeness (QED) is 0.891. The molecule has 0 radical (unpaired) electrons. The minimum atomic E-state index is 0.0103. The molecule has 0 amide bonds. The molecule has 0 saturated heterocycles. The monoisotopic (exact) mass is 307 g/mol. The number of aryl methyl sites for hydroxylation is 2. The molecular weight excluding hydrogens is 286 g/mol. The van der Waals surface area contributed by atoms with E-state index in [1.54, 1.807) is 13.3 Å². The zero-order chi connectivity index (χ0) is 15.4. The van der Waals surface area contributed by atoms with E-state index in [9.17, 15) is 0 Å². The zero-order valence-corrected chi connectivity index (χ0v) is 13.7. The Morgan fingerprint density at radius 1 is 1.33 bits per heavy atom. The van der Waals surface area contributed by atoms with Gasteiger partial charge in [-0.25, -0.2) is 0 Å². The normalized spacial score (nSPS) is 12.6. The maximum Gasteiger partial charge on any atom is 0.0837 e. The van der Waals surface area contributed by atoms with Gasteiger partial charge in [-0.3, -0.25) is 4.68 Å². The Morgan fingerprint density at radius 2 is 2.10 bits per heavy atom. The molecule has 4 nitrogen and oxygen atoms in total. The van der Waals surface area contributed by atoms with E-state index >= 15 is 0 Å². The molecule has 21 heavy (non-hydrogen) atoms. The number of rotatable bonds is 6. The average molecular weight is 308 g/mol. The predicted octanol–water partition coefficient (Wildman–Crippen LogP) is 3.11. The molecule has 5 heteroatoms. The molecule has 0 aliphatic rings. The molecular formula is C16H22ClN3O. The second-order valence-corrected chi connectivity index (χ2v) is 5.57. The van der Waals surface area contributed by atoms with Gasteiger partial charge in [0.05, 0.1) is 36.1 Å². The fraction of sp³-hybridized carbons (Fsp3) is 0.438. The summed E-state index contributed by atoms with van der Waals surface area (Å²) in [6.07, 6.45) is 1.69. The molecule has 2 aromatic rings. The van der Waals surface area contributed by atoms with Crippen molar-refractivity contribution in [1.29, 1.82) is 0 Å². The van der Waals surface area contributed by atoms with E-state index in [-0.39, 0.29) is 6.04 Å². The summed E-state index contributed by atoms with van der Waals surface area (Å²) >= 11 is 6.35. The molecule has 0 bridgehead atoms. The van der Waals surface area contributed by atoms with Gasteiger partial charge in [0.1, 0.15) is 0 Å². The summed E-state index contributed by atoms with van der Waals surface area (Å²) in [6, 6.07) is 6.48. The van der Waals surface area contributed by atoms with E-state index < -0.39 is 0 Å². The van der Waals surface area contributed by atoms with Crippen molar-refractivity contribution >= 4 is 11.6 Å². The minimum absolute atomic E-state index is 0.0103. The second-order valence-electron chi connectivity index (χ2n) is 5.16. The first-order valence-corrected chi connectivity index (χ1v) is 7.40. The maximum absolute atomic E-state index is 6.35. The van der Waals surface area contributed by atoms with Crippen LogP contribution < -0.4 is 5.32 Å². The summed E-state index contributed by atoms with van der Waals surface area (Å²) in [5.74, 6) is 0. The van der Waals surface area contributed by atoms with Crippen LogP contribution in [0.4, 0.5) is 0 Å². The van der Waals surface area contributed by atoms with E-state index in [0.29, 0.717) is 18.2 Å². The minimum Gasteiger partial charge on any atom is -0.383 e. The number of nitrogens with one attached hydrogen (secondary N) is 1. The lowest BCUT2D eigenvalue weighted by atomic mass is 9.99. The Labute approximate surface area is 131 Å². The third-order valence-electron chi connectivity index (χ3n) is 3.77. The predicted molar refractivity (Wildman–Crippen MR) is 85.9 cm³/mol. The van der Waals surface area contributed by atoms with Crippen LogP contribution in [0.1, 0.15) is 28.4 Å². The number of nitrogens with zero attached hydrogens (tertiary/aromatic N) is 2. The molecule has 1 atom stereocenters. The topological polar surface area (TPSA) is 39.1 Å². The number of aromatic nitrogens is 2. The van der Waals surface area contributed by atoms with Gasteiger partial charge >= 0.3 is 0 Å². The Balaban J connectivity index is 2.40. The molecule has 0 fully saturated rings. The van der Waals surface area contributed by atoms with Crippen molar-refractivity contribution in [2.45, 2.75) is 26.4 Å². The molecule has 0 saturated carbocycles. The van der Waals surface area contributed by atoms with E-state index in [4.69, 9.17) is 16.3 Å². The molecule has 1 unspecified atom stereocenters. The number of hydrogen-bond donors (Lipinski definition) is 1. The van der Waals surface area contributed by atoms with Crippen molar-refractivity contribution in [3.05, 3.63) is 51.8 Å². The third-order valence-corrected chi connectivity index (χ3v) is 4.06. The van der Waals surface area contributed by atoms with Crippen LogP contribution in [0.2, 0.25) is 5.02 Å². The van der Waals surface area contributed by atoms with Crippen molar-refractivity contribution in [3.8, 4) is 0 Å². The van der Waals surface area contributed by atoms with Crippen molar-refractivity contribution < 1.29 is 4.74 Å². The van der Waals surface area contributed by atoms with Crippen LogP contribution in [0.3, 0.4) is 0 Å². The lowest BCUT2D eigenvalue weighted by Gasteiger charge is -2.20. The Hall–Kier alpha value is -1.36. The standard InChI is InChI=1S/C16H22ClN3O/c1-11-5-6-13(9-12(11)2)15(18-3)16-14(17)10-19-20(16)7-8-21-4/h5-6,9-10,15,18H,7-8H2,1-4H3. The number of hydrogen-bond acceptors (Lipinski definition) is 3. The lowest BCUT2D eigenvalue weighted by molar-refractivity contribution is 0.182. The number of methoxy groups -OCH3 is 1. The highest BCUT2D eigenvalue weighted by Gasteiger charge is 2.21. The highest BCUT2D eigenvalue weighted by molar-refractivity contribution is 6.31. The highest BCUT2D eigenvalue weighted by atomic mass is 35.5. The molecule has 1 aromatic carbocycles. The fourth-order valence-electron chi connectivity index (χ4n) is 2.42. The van der Waals surface area contributed by atoms with Crippen LogP contribution in [0.15, 0.2) is 24.4 Å². The van der Waals surface area contributed by atoms with Crippen molar-refractivity contribution in [3.63, 3.8) is 0 Å². The molecule has 0 spiro atoms. The first-order chi connectivity index (χ1) is 10.1. The first kappa shape index (κ1) is 16.0. The van der Waals surface area contributed by atoms with Crippen LogP contribution in [0, 0.1) is 13.8 Å². The summed E-state index contributed by atoms with van der Waals surface area (Å²) in [6.45, 7) is 5.52. The molecule has 1 heterocycles. The summed E-state index contributed by atoms with van der Waals surface area (Å²) in [5, 5.41) is 8.36. The molecule has 0 aliphatic carbocycles. The van der Waals surface area contributed by atoms with E-state index in [1.807, 2.05) is 11.7 Å². The van der Waals surface area contributed by atoms with Gasteiger partial charge in [-0.2, -0.15) is 5.10 Å². The van der Waals surface area contributed by atoms with Gasteiger partial charge in [0.25, 0.3) is 0 Å². The Kier molecular flexibility index (Phi) is 5.39. The summed E-state index contributed by atoms with van der Waals surface area (Å²) < 4.78 is 7.04. The maximum atomic E-state index is 6.35. The largest absolute Gasteiger partial charge is 0.383 e. The molecule has 2 rings (SSSR count). The molecule has 0 aliphatic heterocycles. The van der Waals surface area contributed by atoms with Crippen LogP contribution in [-0.2, 0) is 11.3 Å². The number of benzene rings is 1. The van der Waals surface area contributed by atoms with Crippen molar-refractivity contribution in [2.75, 3.05) is 20.8 Å². The summed E-state index contributed by atoms with van der Waals surface area (Å²) in [4.78, 5) is 0. The zero-order valence-electron chi connectivity index (χ0n) is 13.0. The highest BCUT2D eigenvalue weighted by Crippen LogP contribution is 2.29. The molecule has 114 valence electrons. The van der Waals surface area contributed by atoms with Gasteiger partial charge < -0.3 is 10.1 Å². The van der Waals surface area contributed by atoms with Gasteiger partial charge in [0.2, 0.25) is 0 Å². The lowest BCUT2D eigenvalue weighted by Crippen LogP contribution is -2.23. The number of halogens is 1. The van der Waals surface area contributed by atoms with Gasteiger partial charge in [0.15, 0.2) is 0 Å². The van der Waals surface area contributed by atoms with E-state index in [0.717, 1.165) is 5.69 Å². The van der Waals surface area contributed by atoms with Crippen LogP contribution in [0.5, 0.6) is 0 Å². The smallest absolute Gasteiger partial charge is 0.0837 e. The summed E-state index contributed by atoms with van der Waals surface area (Å²) in [7, 11) is 3.62.